The van der Waals surface area contributed by atoms with Crippen molar-refractivity contribution in [2.45, 2.75) is 26.9 Å². The second-order valence-electron chi connectivity index (χ2n) is 6.34. The topological polar surface area (TPSA) is 42.9 Å². The van der Waals surface area contributed by atoms with Gasteiger partial charge in [0.05, 0.1) is 6.54 Å². The molecule has 2 N–H and O–H groups in total. The molecular formula is C20H33N5. The minimum Gasteiger partial charge on any atom is -0.357 e. The van der Waals surface area contributed by atoms with Crippen LogP contribution < -0.4 is 10.6 Å². The zero-order valence-electron chi connectivity index (χ0n) is 15.8. The molecule has 25 heavy (non-hydrogen) atoms. The Bertz CT molecular complexity index is 547. The molecular weight excluding hydrogens is 310 g/mol. The minimum absolute atomic E-state index is 0.692. The van der Waals surface area contributed by atoms with Gasteiger partial charge in [0, 0.05) is 45.8 Å². The number of piperazine rings is 1. The minimum atomic E-state index is 0.692. The number of rotatable bonds is 8. The van der Waals surface area contributed by atoms with Crippen molar-refractivity contribution < 1.29 is 0 Å². The summed E-state index contributed by atoms with van der Waals surface area (Å²) >= 11 is 0. The normalized spacial score (nSPS) is 16.6. The van der Waals surface area contributed by atoms with Crippen LogP contribution in [0.15, 0.2) is 41.9 Å². The van der Waals surface area contributed by atoms with Gasteiger partial charge in [0.15, 0.2) is 5.96 Å². The van der Waals surface area contributed by atoms with E-state index in [2.05, 4.69) is 65.1 Å². The van der Waals surface area contributed by atoms with E-state index < -0.39 is 0 Å². The Hall–Kier alpha value is -1.85. The molecule has 1 aromatic carbocycles. The molecule has 0 aliphatic carbocycles. The fourth-order valence-electron chi connectivity index (χ4n) is 3.05. The third-order valence-corrected chi connectivity index (χ3v) is 4.59. The van der Waals surface area contributed by atoms with Crippen molar-refractivity contribution in [3.8, 4) is 0 Å². The molecule has 1 aromatic rings. The number of hydrogen-bond acceptors (Lipinski definition) is 3. The van der Waals surface area contributed by atoms with Crippen molar-refractivity contribution in [1.29, 1.82) is 0 Å². The van der Waals surface area contributed by atoms with Crippen molar-refractivity contribution in [1.82, 2.24) is 20.4 Å². The first-order valence-electron chi connectivity index (χ1n) is 9.41. The van der Waals surface area contributed by atoms with Gasteiger partial charge in [-0.05, 0) is 24.6 Å². The summed E-state index contributed by atoms with van der Waals surface area (Å²) in [5.74, 6) is 0.841. The fourth-order valence-corrected chi connectivity index (χ4v) is 3.05. The predicted octanol–water partition coefficient (Wildman–Crippen LogP) is 2.07. The molecule has 2 rings (SSSR count). The van der Waals surface area contributed by atoms with Gasteiger partial charge >= 0.3 is 0 Å². The lowest BCUT2D eigenvalue weighted by Gasteiger charge is -2.34. The van der Waals surface area contributed by atoms with E-state index in [1.54, 1.807) is 0 Å². The maximum absolute atomic E-state index is 4.72. The lowest BCUT2D eigenvalue weighted by atomic mass is 10.1. The number of nitrogens with zero attached hydrogens (tertiary/aromatic N) is 3. The van der Waals surface area contributed by atoms with E-state index in [4.69, 9.17) is 4.99 Å². The first kappa shape index (κ1) is 19.5. The van der Waals surface area contributed by atoms with Gasteiger partial charge in [-0.15, -0.1) is 6.58 Å². The van der Waals surface area contributed by atoms with Crippen LogP contribution in [-0.2, 0) is 13.1 Å². The molecule has 0 aromatic heterocycles. The zero-order chi connectivity index (χ0) is 17.9. The van der Waals surface area contributed by atoms with E-state index in [-0.39, 0.29) is 0 Å². The summed E-state index contributed by atoms with van der Waals surface area (Å²) in [6, 6.07) is 8.67. The summed E-state index contributed by atoms with van der Waals surface area (Å²) < 4.78 is 0. The molecule has 5 nitrogen and oxygen atoms in total. The quantitative estimate of drug-likeness (QED) is 0.431. The Morgan fingerprint density at radius 2 is 1.76 bits per heavy atom. The van der Waals surface area contributed by atoms with Crippen LogP contribution in [-0.4, -0.2) is 61.6 Å². The van der Waals surface area contributed by atoms with Crippen LogP contribution in [0.1, 0.15) is 25.0 Å². The van der Waals surface area contributed by atoms with Gasteiger partial charge in [-0.25, -0.2) is 4.99 Å². The summed E-state index contributed by atoms with van der Waals surface area (Å²) in [5, 5.41) is 6.53. The van der Waals surface area contributed by atoms with Crippen LogP contribution in [0.25, 0.3) is 0 Å². The number of hydrogen-bond donors (Lipinski definition) is 2. The molecule has 0 bridgehead atoms. The number of nitrogens with one attached hydrogen (secondary N) is 2. The van der Waals surface area contributed by atoms with E-state index in [0.717, 1.165) is 45.2 Å². The summed E-state index contributed by atoms with van der Waals surface area (Å²) in [6.45, 7) is 17.1. The van der Waals surface area contributed by atoms with Gasteiger partial charge in [-0.2, -0.15) is 0 Å². The summed E-state index contributed by atoms with van der Waals surface area (Å²) in [4.78, 5) is 9.79. The Morgan fingerprint density at radius 1 is 1.08 bits per heavy atom. The van der Waals surface area contributed by atoms with E-state index in [1.807, 2.05) is 6.08 Å². The third-order valence-electron chi connectivity index (χ3n) is 4.59. The molecule has 138 valence electrons. The van der Waals surface area contributed by atoms with Gasteiger partial charge < -0.3 is 15.5 Å². The second kappa shape index (κ2) is 10.9. The monoisotopic (exact) mass is 343 g/mol. The summed E-state index contributed by atoms with van der Waals surface area (Å²) in [5.41, 5.74) is 2.69. The van der Waals surface area contributed by atoms with Crippen LogP contribution in [0.3, 0.4) is 0 Å². The highest BCUT2D eigenvalue weighted by Crippen LogP contribution is 2.14. The van der Waals surface area contributed by atoms with E-state index in [0.29, 0.717) is 6.54 Å². The maximum Gasteiger partial charge on any atom is 0.191 e. The third kappa shape index (κ3) is 6.52. The molecule has 1 saturated heterocycles. The standard InChI is InChI=1S/C20H33N5/c1-4-11-22-20(21-5-2)23-16-18-9-7-8-10-19(18)17-25-14-12-24(6-3)13-15-25/h4,7-10H,1,5-6,11-17H2,2-3H3,(H2,21,22,23). The van der Waals surface area contributed by atoms with Crippen LogP contribution in [0, 0.1) is 0 Å². The van der Waals surface area contributed by atoms with Gasteiger partial charge in [-0.3, -0.25) is 4.90 Å². The second-order valence-corrected chi connectivity index (χ2v) is 6.34. The SMILES string of the molecule is C=CCNC(=NCc1ccccc1CN1CCN(CC)CC1)NCC. The van der Waals surface area contributed by atoms with Crippen molar-refractivity contribution in [2.24, 2.45) is 4.99 Å². The molecule has 0 amide bonds. The Balaban J connectivity index is 1.98. The van der Waals surface area contributed by atoms with E-state index >= 15 is 0 Å². The molecule has 0 spiro atoms. The average molecular weight is 344 g/mol. The zero-order valence-corrected chi connectivity index (χ0v) is 15.8. The molecule has 5 heteroatoms. The number of likely N-dealkylation sites (N-methyl/N-ethyl adjacent to an activating group) is 1. The molecule has 0 radical (unpaired) electrons. The van der Waals surface area contributed by atoms with Gasteiger partial charge in [0.1, 0.15) is 0 Å². The highest BCUT2D eigenvalue weighted by atomic mass is 15.3. The van der Waals surface area contributed by atoms with Crippen LogP contribution in [0.4, 0.5) is 0 Å². The fraction of sp³-hybridized carbons (Fsp3) is 0.550. The molecule has 1 aliphatic rings. The van der Waals surface area contributed by atoms with Crippen LogP contribution >= 0.6 is 0 Å². The summed E-state index contributed by atoms with van der Waals surface area (Å²) in [7, 11) is 0. The lowest BCUT2D eigenvalue weighted by Crippen LogP contribution is -2.45. The highest BCUT2D eigenvalue weighted by Gasteiger charge is 2.16. The van der Waals surface area contributed by atoms with Gasteiger partial charge in [0.25, 0.3) is 0 Å². The van der Waals surface area contributed by atoms with Crippen molar-refractivity contribution >= 4 is 5.96 Å². The first-order chi connectivity index (χ1) is 12.3. The summed E-state index contributed by atoms with van der Waals surface area (Å²) in [6.07, 6.45) is 1.84. The van der Waals surface area contributed by atoms with Gasteiger partial charge in [0.2, 0.25) is 0 Å². The molecule has 1 aliphatic heterocycles. The highest BCUT2D eigenvalue weighted by molar-refractivity contribution is 5.79. The predicted molar refractivity (Wildman–Crippen MR) is 107 cm³/mol. The number of aliphatic imine (C=N–C) groups is 1. The molecule has 0 atom stereocenters. The molecule has 0 saturated carbocycles. The number of guanidine groups is 1. The van der Waals surface area contributed by atoms with Gasteiger partial charge in [-0.1, -0.05) is 37.3 Å². The molecule has 0 unspecified atom stereocenters. The molecule has 1 heterocycles. The lowest BCUT2D eigenvalue weighted by molar-refractivity contribution is 0.131. The van der Waals surface area contributed by atoms with E-state index in [9.17, 15) is 0 Å². The smallest absolute Gasteiger partial charge is 0.191 e. The Morgan fingerprint density at radius 3 is 2.40 bits per heavy atom. The van der Waals surface area contributed by atoms with Crippen LogP contribution in [0.2, 0.25) is 0 Å². The Labute approximate surface area is 152 Å². The van der Waals surface area contributed by atoms with Crippen molar-refractivity contribution in [3.05, 3.63) is 48.0 Å². The van der Waals surface area contributed by atoms with E-state index in [1.165, 1.54) is 24.2 Å². The number of benzene rings is 1. The van der Waals surface area contributed by atoms with Crippen LogP contribution in [0.5, 0.6) is 0 Å². The molecule has 1 fully saturated rings. The Kier molecular flexibility index (Phi) is 8.49. The first-order valence-corrected chi connectivity index (χ1v) is 9.41. The largest absolute Gasteiger partial charge is 0.357 e. The average Bonchev–Trinajstić information content (AvgIpc) is 2.65. The van der Waals surface area contributed by atoms with Crippen molar-refractivity contribution in [2.75, 3.05) is 45.8 Å². The van der Waals surface area contributed by atoms with Crippen molar-refractivity contribution in [3.63, 3.8) is 0 Å². The maximum atomic E-state index is 4.72.